The molecule has 1 nitrogen and oxygen atoms in total. The SMILES string of the molecule is [2H]c1c(Cl)nc(Cl)c([2H])c1[2H]. The average Bonchev–Trinajstić information content (AvgIpc) is 1.97. The molecule has 1 heterocycles. The molecule has 0 unspecified atom stereocenters. The van der Waals surface area contributed by atoms with Crippen molar-refractivity contribution in [3.8, 4) is 0 Å². The summed E-state index contributed by atoms with van der Waals surface area (Å²) < 4.78 is 21.4. The van der Waals surface area contributed by atoms with Crippen molar-refractivity contribution in [1.29, 1.82) is 0 Å². The van der Waals surface area contributed by atoms with E-state index in [0.29, 0.717) is 0 Å². The molecule has 0 spiro atoms. The molecular weight excluding hydrogens is 145 g/mol. The van der Waals surface area contributed by atoms with Crippen LogP contribution in [0.3, 0.4) is 0 Å². The van der Waals surface area contributed by atoms with E-state index in [1.165, 1.54) is 0 Å². The van der Waals surface area contributed by atoms with Crippen LogP contribution in [0.5, 0.6) is 0 Å². The minimum Gasteiger partial charge on any atom is -0.224 e. The lowest BCUT2D eigenvalue weighted by Gasteiger charge is -1.85. The minimum absolute atomic E-state index is 0.143. The highest BCUT2D eigenvalue weighted by Gasteiger charge is 1.86. The molecule has 0 aliphatic heterocycles. The minimum atomic E-state index is -0.296. The maximum atomic E-state index is 7.14. The normalized spacial score (nSPS) is 14.5. The highest BCUT2D eigenvalue weighted by Crippen LogP contribution is 2.08. The first-order chi connectivity index (χ1) is 5.04. The number of halogens is 2. The molecular formula is C5H3Cl2N. The van der Waals surface area contributed by atoms with Crippen LogP contribution in [-0.4, -0.2) is 4.98 Å². The van der Waals surface area contributed by atoms with Gasteiger partial charge in [0.05, 0.1) is 4.11 Å². The van der Waals surface area contributed by atoms with Crippen LogP contribution in [0.15, 0.2) is 18.1 Å². The second-order valence-electron chi connectivity index (χ2n) is 1.07. The van der Waals surface area contributed by atoms with E-state index in [1.807, 2.05) is 0 Å². The van der Waals surface area contributed by atoms with E-state index in [9.17, 15) is 0 Å². The fraction of sp³-hybridized carbons (Fsp3) is 0. The maximum absolute atomic E-state index is 7.14. The largest absolute Gasteiger partial charge is 0.224 e. The Labute approximate surface area is 61.5 Å². The van der Waals surface area contributed by atoms with Gasteiger partial charge >= 0.3 is 0 Å². The Hall–Kier alpha value is -0.270. The molecule has 1 aromatic heterocycles. The molecule has 0 N–H and O–H groups in total. The molecule has 42 valence electrons. The van der Waals surface area contributed by atoms with Gasteiger partial charge in [0.1, 0.15) is 10.3 Å². The molecule has 0 fully saturated rings. The molecule has 0 aliphatic rings. The van der Waals surface area contributed by atoms with E-state index in [2.05, 4.69) is 4.98 Å². The lowest BCUT2D eigenvalue weighted by Crippen LogP contribution is -1.71. The molecule has 0 atom stereocenters. The first-order valence-electron chi connectivity index (χ1n) is 3.33. The van der Waals surface area contributed by atoms with Crippen molar-refractivity contribution >= 4 is 23.2 Å². The third-order valence-corrected chi connectivity index (χ3v) is 0.886. The van der Waals surface area contributed by atoms with Crippen LogP contribution in [0.1, 0.15) is 4.11 Å². The van der Waals surface area contributed by atoms with Crippen LogP contribution in [0.2, 0.25) is 10.3 Å². The maximum Gasteiger partial charge on any atom is 0.130 e. The summed E-state index contributed by atoms with van der Waals surface area (Å²) in [5, 5.41) is -0.285. The van der Waals surface area contributed by atoms with Gasteiger partial charge in [0.25, 0.3) is 0 Å². The summed E-state index contributed by atoms with van der Waals surface area (Å²) in [5.41, 5.74) is 0. The smallest absolute Gasteiger partial charge is 0.130 e. The Kier molecular flexibility index (Phi) is 0.887. The highest BCUT2D eigenvalue weighted by atomic mass is 35.5. The molecule has 3 heteroatoms. The van der Waals surface area contributed by atoms with Gasteiger partial charge in [0.15, 0.2) is 0 Å². The van der Waals surface area contributed by atoms with Crippen LogP contribution >= 0.6 is 23.2 Å². The van der Waals surface area contributed by atoms with Crippen molar-refractivity contribution in [2.24, 2.45) is 0 Å². The number of rotatable bonds is 0. The standard InChI is InChI=1S/C5H3Cl2N/c6-4-2-1-3-5(7)8-4/h1-3H/i1D,2D,3D. The number of hydrogen-bond acceptors (Lipinski definition) is 1. The van der Waals surface area contributed by atoms with Crippen molar-refractivity contribution in [1.82, 2.24) is 4.98 Å². The Morgan fingerprint density at radius 2 is 1.88 bits per heavy atom. The van der Waals surface area contributed by atoms with Gasteiger partial charge in [-0.25, -0.2) is 4.98 Å². The van der Waals surface area contributed by atoms with Gasteiger partial charge in [-0.1, -0.05) is 29.2 Å². The Morgan fingerprint density at radius 1 is 1.38 bits per heavy atom. The lowest BCUT2D eigenvalue weighted by atomic mass is 10.5. The number of nitrogens with zero attached hydrogens (tertiary/aromatic N) is 1. The van der Waals surface area contributed by atoms with E-state index in [1.54, 1.807) is 0 Å². The van der Waals surface area contributed by atoms with E-state index in [4.69, 9.17) is 27.3 Å². The van der Waals surface area contributed by atoms with Crippen LogP contribution in [0.4, 0.5) is 0 Å². The molecule has 0 aromatic carbocycles. The van der Waals surface area contributed by atoms with Crippen LogP contribution in [-0.2, 0) is 0 Å². The quantitative estimate of drug-likeness (QED) is 0.518. The first kappa shape index (κ1) is 3.04. The van der Waals surface area contributed by atoms with E-state index >= 15 is 0 Å². The van der Waals surface area contributed by atoms with E-state index in [0.717, 1.165) is 0 Å². The zero-order valence-corrected chi connectivity index (χ0v) is 5.22. The van der Waals surface area contributed by atoms with E-state index in [-0.39, 0.29) is 28.4 Å². The van der Waals surface area contributed by atoms with Crippen molar-refractivity contribution in [3.63, 3.8) is 0 Å². The van der Waals surface area contributed by atoms with Gasteiger partial charge in [-0.15, -0.1) is 0 Å². The number of pyridine rings is 1. The monoisotopic (exact) mass is 150 g/mol. The summed E-state index contributed by atoms with van der Waals surface area (Å²) in [6.07, 6.45) is 0. The average molecular weight is 151 g/mol. The van der Waals surface area contributed by atoms with E-state index < -0.39 is 0 Å². The summed E-state index contributed by atoms with van der Waals surface area (Å²) in [7, 11) is 0. The van der Waals surface area contributed by atoms with Crippen molar-refractivity contribution in [2.75, 3.05) is 0 Å². The Balaban J connectivity index is 3.46. The van der Waals surface area contributed by atoms with Crippen LogP contribution in [0, 0.1) is 0 Å². The summed E-state index contributed by atoms with van der Waals surface area (Å²) in [4.78, 5) is 3.47. The van der Waals surface area contributed by atoms with Gasteiger partial charge in [0.2, 0.25) is 0 Å². The first-order valence-corrected chi connectivity index (χ1v) is 2.58. The zero-order chi connectivity index (χ0) is 8.59. The number of aromatic nitrogens is 1. The van der Waals surface area contributed by atoms with Crippen molar-refractivity contribution in [2.45, 2.75) is 0 Å². The van der Waals surface area contributed by atoms with Gasteiger partial charge in [-0.05, 0) is 12.1 Å². The second kappa shape index (κ2) is 2.33. The van der Waals surface area contributed by atoms with Crippen LogP contribution < -0.4 is 0 Å². The lowest BCUT2D eigenvalue weighted by molar-refractivity contribution is 1.33. The summed E-state index contributed by atoms with van der Waals surface area (Å²) >= 11 is 10.8. The Bertz CT molecular complexity index is 276. The fourth-order valence-corrected chi connectivity index (χ4v) is 0.583. The third-order valence-electron chi connectivity index (χ3n) is 0.528. The number of hydrogen-bond donors (Lipinski definition) is 0. The summed E-state index contributed by atoms with van der Waals surface area (Å²) in [6.45, 7) is 0. The van der Waals surface area contributed by atoms with Gasteiger partial charge in [-0.3, -0.25) is 0 Å². The molecule has 0 amide bonds. The zero-order valence-electron chi connectivity index (χ0n) is 6.70. The summed E-state index contributed by atoms with van der Waals surface area (Å²) in [5.74, 6) is 0. The Morgan fingerprint density at radius 3 is 2.38 bits per heavy atom. The highest BCUT2D eigenvalue weighted by molar-refractivity contribution is 6.32. The molecule has 0 saturated carbocycles. The van der Waals surface area contributed by atoms with Gasteiger partial charge in [0, 0.05) is 0 Å². The molecule has 1 aromatic rings. The molecule has 0 aliphatic carbocycles. The molecule has 1 rings (SSSR count). The second-order valence-corrected chi connectivity index (χ2v) is 1.78. The molecule has 0 saturated heterocycles. The van der Waals surface area contributed by atoms with Crippen molar-refractivity contribution < 1.29 is 4.11 Å². The molecule has 0 radical (unpaired) electrons. The molecule has 0 bridgehead atoms. The van der Waals surface area contributed by atoms with Crippen molar-refractivity contribution in [3.05, 3.63) is 28.4 Å². The fourth-order valence-electron chi connectivity index (χ4n) is 0.276. The van der Waals surface area contributed by atoms with Gasteiger partial charge in [-0.2, -0.15) is 0 Å². The van der Waals surface area contributed by atoms with Gasteiger partial charge < -0.3 is 0 Å². The van der Waals surface area contributed by atoms with Crippen LogP contribution in [0.25, 0.3) is 0 Å². The third kappa shape index (κ3) is 1.35. The predicted octanol–water partition coefficient (Wildman–Crippen LogP) is 2.39. The molecule has 8 heavy (non-hydrogen) atoms. The predicted molar refractivity (Wildman–Crippen MR) is 34.3 cm³/mol. The summed E-state index contributed by atoms with van der Waals surface area (Å²) in [6, 6.07) is -0.822. The topological polar surface area (TPSA) is 12.9 Å².